The summed E-state index contributed by atoms with van der Waals surface area (Å²) in [6, 6.07) is 10.0. The molecule has 1 N–H and O–H groups in total. The minimum absolute atomic E-state index is 0.001000. The van der Waals surface area contributed by atoms with Crippen molar-refractivity contribution in [1.29, 1.82) is 0 Å². The second-order valence-electron chi connectivity index (χ2n) is 6.54. The van der Waals surface area contributed by atoms with Crippen molar-refractivity contribution in [2.75, 3.05) is 13.1 Å². The number of nitrogens with zero attached hydrogens (tertiary/aromatic N) is 2. The number of ether oxygens (including phenoxy) is 1. The van der Waals surface area contributed by atoms with Crippen LogP contribution >= 0.6 is 0 Å². The Kier molecular flexibility index (Phi) is 5.68. The molecule has 0 radical (unpaired) electrons. The number of hydrogen-bond donors (Lipinski definition) is 1. The van der Waals surface area contributed by atoms with Crippen LogP contribution in [0.4, 0.5) is 0 Å². The Bertz CT molecular complexity index is 864. The third kappa shape index (κ3) is 4.29. The third-order valence-electron chi connectivity index (χ3n) is 4.72. The lowest BCUT2D eigenvalue weighted by Crippen LogP contribution is -2.43. The van der Waals surface area contributed by atoms with Crippen molar-refractivity contribution in [2.24, 2.45) is 7.05 Å². The average molecular weight is 357 g/mol. The third-order valence-corrected chi connectivity index (χ3v) is 4.72. The predicted octanol–water partition coefficient (Wildman–Crippen LogP) is 0.824. The number of aromatic nitrogens is 2. The van der Waals surface area contributed by atoms with E-state index in [2.05, 4.69) is 4.98 Å². The number of piperidine rings is 1. The highest BCUT2D eigenvalue weighted by Gasteiger charge is 2.24. The molecule has 0 spiro atoms. The lowest BCUT2D eigenvalue weighted by Gasteiger charge is -2.32. The number of nitrogens with one attached hydrogen (secondary N) is 1. The van der Waals surface area contributed by atoms with E-state index >= 15 is 0 Å². The zero-order chi connectivity index (χ0) is 18.5. The standard InChI is InChI=1S/C19H23N3O4/c1-21-18(24)15(12-20-19(21)25)11-17(23)22-9-7-16(8-10-22)26-13-14-5-3-2-4-6-14/h2-6,12,16H,7-11,13H2,1H3,(H,20,25). The number of likely N-dealkylation sites (tertiary alicyclic amines) is 1. The molecule has 1 aromatic heterocycles. The Hall–Kier alpha value is -2.67. The van der Waals surface area contributed by atoms with Crippen molar-refractivity contribution in [1.82, 2.24) is 14.5 Å². The summed E-state index contributed by atoms with van der Waals surface area (Å²) in [5, 5.41) is 0. The molecule has 138 valence electrons. The molecular formula is C19H23N3O4. The van der Waals surface area contributed by atoms with Gasteiger partial charge in [-0.3, -0.25) is 14.2 Å². The molecule has 3 rings (SSSR count). The first-order valence-corrected chi connectivity index (χ1v) is 8.75. The minimum atomic E-state index is -0.484. The summed E-state index contributed by atoms with van der Waals surface area (Å²) in [6.45, 7) is 1.80. The van der Waals surface area contributed by atoms with Crippen molar-refractivity contribution in [3.63, 3.8) is 0 Å². The smallest absolute Gasteiger partial charge is 0.328 e. The lowest BCUT2D eigenvalue weighted by atomic mass is 10.1. The molecule has 0 atom stereocenters. The summed E-state index contributed by atoms with van der Waals surface area (Å²) in [6.07, 6.45) is 3.03. The SMILES string of the molecule is Cn1c(=O)[nH]cc(CC(=O)N2CCC(OCc3ccccc3)CC2)c1=O. The summed E-state index contributed by atoms with van der Waals surface area (Å²) in [4.78, 5) is 40.1. The monoisotopic (exact) mass is 357 g/mol. The maximum absolute atomic E-state index is 12.4. The van der Waals surface area contributed by atoms with Gasteiger partial charge in [-0.15, -0.1) is 0 Å². The van der Waals surface area contributed by atoms with Crippen molar-refractivity contribution >= 4 is 5.91 Å². The van der Waals surface area contributed by atoms with Crippen LogP contribution in [-0.2, 0) is 29.6 Å². The van der Waals surface area contributed by atoms with Crippen molar-refractivity contribution in [2.45, 2.75) is 32.0 Å². The highest BCUT2D eigenvalue weighted by atomic mass is 16.5. The van der Waals surface area contributed by atoms with Crippen LogP contribution in [0, 0.1) is 0 Å². The van der Waals surface area contributed by atoms with E-state index in [1.54, 1.807) is 4.90 Å². The molecule has 0 saturated carbocycles. The largest absolute Gasteiger partial charge is 0.373 e. The van der Waals surface area contributed by atoms with Crippen molar-refractivity contribution in [3.8, 4) is 0 Å². The fraction of sp³-hybridized carbons (Fsp3) is 0.421. The van der Waals surface area contributed by atoms with E-state index in [9.17, 15) is 14.4 Å². The molecule has 1 aliphatic rings. The van der Waals surface area contributed by atoms with Crippen LogP contribution in [0.25, 0.3) is 0 Å². The van der Waals surface area contributed by atoms with Crippen LogP contribution in [0.1, 0.15) is 24.0 Å². The number of carbonyl (C=O) groups excluding carboxylic acids is 1. The van der Waals surface area contributed by atoms with E-state index < -0.39 is 11.2 Å². The van der Waals surface area contributed by atoms with Crippen molar-refractivity contribution < 1.29 is 9.53 Å². The van der Waals surface area contributed by atoms with E-state index in [1.165, 1.54) is 13.2 Å². The summed E-state index contributed by atoms with van der Waals surface area (Å²) in [7, 11) is 1.39. The van der Waals surface area contributed by atoms with Gasteiger partial charge in [-0.25, -0.2) is 4.79 Å². The van der Waals surface area contributed by atoms with Gasteiger partial charge in [-0.2, -0.15) is 0 Å². The molecule has 26 heavy (non-hydrogen) atoms. The highest BCUT2D eigenvalue weighted by Crippen LogP contribution is 2.16. The van der Waals surface area contributed by atoms with Gasteiger partial charge in [-0.05, 0) is 18.4 Å². The fourth-order valence-corrected chi connectivity index (χ4v) is 3.08. The number of hydrogen-bond acceptors (Lipinski definition) is 4. The number of benzene rings is 1. The molecule has 0 aliphatic carbocycles. The Labute approximate surface area is 151 Å². The number of aromatic amines is 1. The molecule has 1 saturated heterocycles. The van der Waals surface area contributed by atoms with Gasteiger partial charge in [0.2, 0.25) is 5.91 Å². The molecule has 0 unspecified atom stereocenters. The van der Waals surface area contributed by atoms with Crippen LogP contribution in [-0.4, -0.2) is 39.6 Å². The van der Waals surface area contributed by atoms with E-state index in [1.807, 2.05) is 30.3 Å². The molecular weight excluding hydrogens is 334 g/mol. The van der Waals surface area contributed by atoms with Crippen LogP contribution in [0.2, 0.25) is 0 Å². The summed E-state index contributed by atoms with van der Waals surface area (Å²) in [5.74, 6) is -0.101. The highest BCUT2D eigenvalue weighted by molar-refractivity contribution is 5.78. The van der Waals surface area contributed by atoms with Crippen LogP contribution < -0.4 is 11.2 Å². The van der Waals surface area contributed by atoms with E-state index in [0.29, 0.717) is 25.3 Å². The van der Waals surface area contributed by atoms with Gasteiger partial charge >= 0.3 is 5.69 Å². The topological polar surface area (TPSA) is 84.4 Å². The zero-order valence-electron chi connectivity index (χ0n) is 14.8. The van der Waals surface area contributed by atoms with Gasteiger partial charge in [0.15, 0.2) is 0 Å². The molecule has 7 nitrogen and oxygen atoms in total. The fourth-order valence-electron chi connectivity index (χ4n) is 3.08. The Morgan fingerprint density at radius 3 is 2.58 bits per heavy atom. The second-order valence-corrected chi connectivity index (χ2v) is 6.54. The van der Waals surface area contributed by atoms with Crippen LogP contribution in [0.15, 0.2) is 46.1 Å². The van der Waals surface area contributed by atoms with Gasteiger partial charge in [0.25, 0.3) is 5.56 Å². The Balaban J connectivity index is 1.50. The van der Waals surface area contributed by atoms with E-state index in [0.717, 1.165) is 23.0 Å². The van der Waals surface area contributed by atoms with Gasteiger partial charge in [0.1, 0.15) is 0 Å². The van der Waals surface area contributed by atoms with E-state index in [4.69, 9.17) is 4.74 Å². The summed E-state index contributed by atoms with van der Waals surface area (Å²) in [5.41, 5.74) is 0.533. The first-order chi connectivity index (χ1) is 12.5. The Morgan fingerprint density at radius 2 is 1.88 bits per heavy atom. The maximum atomic E-state index is 12.4. The molecule has 1 aliphatic heterocycles. The van der Waals surface area contributed by atoms with Gasteiger partial charge in [0, 0.05) is 31.9 Å². The van der Waals surface area contributed by atoms with Crippen LogP contribution in [0.3, 0.4) is 0 Å². The van der Waals surface area contributed by atoms with Crippen LogP contribution in [0.5, 0.6) is 0 Å². The zero-order valence-corrected chi connectivity index (χ0v) is 14.8. The van der Waals surface area contributed by atoms with E-state index in [-0.39, 0.29) is 18.4 Å². The number of H-pyrrole nitrogens is 1. The van der Waals surface area contributed by atoms with Gasteiger partial charge in [-0.1, -0.05) is 30.3 Å². The normalized spacial score (nSPS) is 15.2. The first kappa shape index (κ1) is 18.1. The van der Waals surface area contributed by atoms with Gasteiger partial charge < -0.3 is 14.6 Å². The summed E-state index contributed by atoms with van der Waals surface area (Å²) >= 11 is 0. The average Bonchev–Trinajstić information content (AvgIpc) is 2.68. The number of carbonyl (C=O) groups is 1. The quantitative estimate of drug-likeness (QED) is 0.859. The molecule has 1 aromatic carbocycles. The van der Waals surface area contributed by atoms with Gasteiger partial charge in [0.05, 0.1) is 19.1 Å². The molecule has 2 aromatic rings. The lowest BCUT2D eigenvalue weighted by molar-refractivity contribution is -0.133. The molecule has 1 amide bonds. The molecule has 7 heteroatoms. The Morgan fingerprint density at radius 1 is 1.19 bits per heavy atom. The molecule has 0 bridgehead atoms. The maximum Gasteiger partial charge on any atom is 0.328 e. The second kappa shape index (κ2) is 8.14. The predicted molar refractivity (Wildman–Crippen MR) is 96.8 cm³/mol. The number of rotatable bonds is 5. The number of amides is 1. The molecule has 2 heterocycles. The minimum Gasteiger partial charge on any atom is -0.373 e. The molecule has 1 fully saturated rings. The van der Waals surface area contributed by atoms with Crippen molar-refractivity contribution in [3.05, 3.63) is 68.5 Å². The first-order valence-electron chi connectivity index (χ1n) is 8.75. The summed E-state index contributed by atoms with van der Waals surface area (Å²) < 4.78 is 6.91.